The number of hydrogen-bond donors (Lipinski definition) is 1. The summed E-state index contributed by atoms with van der Waals surface area (Å²) in [5, 5.41) is 10.0. The van der Waals surface area contributed by atoms with Gasteiger partial charge in [-0.05, 0) is 41.3 Å². The van der Waals surface area contributed by atoms with E-state index in [4.69, 9.17) is 11.6 Å². The number of rotatable bonds is 3. The molecule has 0 atom stereocenters. The lowest BCUT2D eigenvalue weighted by molar-refractivity contribution is 0.281. The molecule has 92 valence electrons. The third-order valence-corrected chi connectivity index (χ3v) is 3.20. The van der Waals surface area contributed by atoms with Crippen molar-refractivity contribution in [2.24, 2.45) is 0 Å². The quantitative estimate of drug-likeness (QED) is 0.875. The van der Waals surface area contributed by atoms with Crippen molar-refractivity contribution < 1.29 is 5.11 Å². The molecular formula is C16H15ClO. The maximum Gasteiger partial charge on any atom is 0.0687 e. The summed E-state index contributed by atoms with van der Waals surface area (Å²) in [6.45, 7) is 6.14. The molecule has 0 bridgehead atoms. The average molecular weight is 259 g/mol. The van der Waals surface area contributed by atoms with Gasteiger partial charge in [0.25, 0.3) is 0 Å². The molecule has 18 heavy (non-hydrogen) atoms. The molecule has 2 rings (SSSR count). The largest absolute Gasteiger partial charge is 0.392 e. The van der Waals surface area contributed by atoms with Crippen LogP contribution in [0.3, 0.4) is 0 Å². The second kappa shape index (κ2) is 5.38. The lowest BCUT2D eigenvalue weighted by Crippen LogP contribution is -1.94. The summed E-state index contributed by atoms with van der Waals surface area (Å²) in [4.78, 5) is 0. The number of aryl methyl sites for hydroxylation is 1. The van der Waals surface area contributed by atoms with Gasteiger partial charge in [0, 0.05) is 5.02 Å². The van der Waals surface area contributed by atoms with Gasteiger partial charge in [-0.2, -0.15) is 0 Å². The standard InChI is InChI=1S/C16H15ClO/c1-11-3-5-13(6-4-11)12(2)16-9-15(17)8-7-14(16)10-18/h3-9,18H,2,10H2,1H3. The average Bonchev–Trinajstić information content (AvgIpc) is 2.39. The summed E-state index contributed by atoms with van der Waals surface area (Å²) < 4.78 is 0. The van der Waals surface area contributed by atoms with Crippen LogP contribution in [-0.2, 0) is 6.61 Å². The predicted molar refractivity (Wildman–Crippen MR) is 76.7 cm³/mol. The molecule has 2 heteroatoms. The maximum atomic E-state index is 9.37. The van der Waals surface area contributed by atoms with E-state index in [1.54, 1.807) is 6.07 Å². The molecule has 0 aromatic heterocycles. The molecule has 1 N–H and O–H groups in total. The lowest BCUT2D eigenvalue weighted by atomic mass is 9.95. The first-order valence-corrected chi connectivity index (χ1v) is 6.15. The van der Waals surface area contributed by atoms with E-state index in [0.717, 1.165) is 22.3 Å². The SMILES string of the molecule is C=C(c1ccc(C)cc1)c1cc(Cl)ccc1CO. The summed E-state index contributed by atoms with van der Waals surface area (Å²) in [6, 6.07) is 13.6. The van der Waals surface area contributed by atoms with E-state index >= 15 is 0 Å². The van der Waals surface area contributed by atoms with Crippen molar-refractivity contribution in [2.75, 3.05) is 0 Å². The fourth-order valence-electron chi connectivity index (χ4n) is 1.88. The summed E-state index contributed by atoms with van der Waals surface area (Å²) in [7, 11) is 0. The molecule has 2 aromatic rings. The normalized spacial score (nSPS) is 10.4. The fraction of sp³-hybridized carbons (Fsp3) is 0.125. The van der Waals surface area contributed by atoms with Crippen molar-refractivity contribution >= 4 is 17.2 Å². The molecule has 0 saturated carbocycles. The summed E-state index contributed by atoms with van der Waals surface area (Å²) in [5.41, 5.74) is 4.86. The monoisotopic (exact) mass is 258 g/mol. The van der Waals surface area contributed by atoms with E-state index in [0.29, 0.717) is 5.02 Å². The zero-order valence-electron chi connectivity index (χ0n) is 10.3. The molecule has 0 spiro atoms. The number of aliphatic hydroxyl groups is 1. The Labute approximate surface area is 112 Å². The van der Waals surface area contributed by atoms with Crippen LogP contribution in [0.25, 0.3) is 5.57 Å². The third-order valence-electron chi connectivity index (χ3n) is 2.97. The van der Waals surface area contributed by atoms with E-state index < -0.39 is 0 Å². The summed E-state index contributed by atoms with van der Waals surface area (Å²) >= 11 is 6.01. The van der Waals surface area contributed by atoms with Gasteiger partial charge in [0.1, 0.15) is 0 Å². The first-order valence-electron chi connectivity index (χ1n) is 5.77. The minimum atomic E-state index is -0.0165. The Morgan fingerprint density at radius 3 is 2.44 bits per heavy atom. The molecule has 0 radical (unpaired) electrons. The number of aliphatic hydroxyl groups excluding tert-OH is 1. The molecule has 0 aliphatic carbocycles. The number of benzene rings is 2. The van der Waals surface area contributed by atoms with Crippen molar-refractivity contribution in [3.63, 3.8) is 0 Å². The van der Waals surface area contributed by atoms with Crippen LogP contribution in [0.15, 0.2) is 49.0 Å². The lowest BCUT2D eigenvalue weighted by Gasteiger charge is -2.11. The van der Waals surface area contributed by atoms with Crippen LogP contribution in [0.1, 0.15) is 22.3 Å². The Hall–Kier alpha value is -1.57. The Kier molecular flexibility index (Phi) is 3.85. The predicted octanol–water partition coefficient (Wildman–Crippen LogP) is 4.20. The minimum Gasteiger partial charge on any atom is -0.392 e. The van der Waals surface area contributed by atoms with Gasteiger partial charge in [-0.1, -0.05) is 54.1 Å². The van der Waals surface area contributed by atoms with Crippen molar-refractivity contribution in [3.8, 4) is 0 Å². The van der Waals surface area contributed by atoms with Crippen LogP contribution in [0.4, 0.5) is 0 Å². The van der Waals surface area contributed by atoms with Gasteiger partial charge in [0.15, 0.2) is 0 Å². The van der Waals surface area contributed by atoms with Crippen molar-refractivity contribution in [2.45, 2.75) is 13.5 Å². The maximum absolute atomic E-state index is 9.37. The van der Waals surface area contributed by atoms with Crippen molar-refractivity contribution in [1.82, 2.24) is 0 Å². The van der Waals surface area contributed by atoms with Gasteiger partial charge in [0.05, 0.1) is 6.61 Å². The second-order valence-corrected chi connectivity index (χ2v) is 4.74. The molecule has 2 aromatic carbocycles. The Bertz CT molecular complexity index is 570. The van der Waals surface area contributed by atoms with Gasteiger partial charge in [-0.3, -0.25) is 0 Å². The molecule has 0 heterocycles. The topological polar surface area (TPSA) is 20.2 Å². The van der Waals surface area contributed by atoms with Gasteiger partial charge >= 0.3 is 0 Å². The third kappa shape index (κ3) is 2.63. The van der Waals surface area contributed by atoms with Gasteiger partial charge in [0.2, 0.25) is 0 Å². The summed E-state index contributed by atoms with van der Waals surface area (Å²) in [5.74, 6) is 0. The zero-order valence-corrected chi connectivity index (χ0v) is 11.0. The highest BCUT2D eigenvalue weighted by atomic mass is 35.5. The molecule has 0 aliphatic rings. The number of halogens is 1. The highest BCUT2D eigenvalue weighted by Gasteiger charge is 2.08. The Morgan fingerprint density at radius 1 is 1.17 bits per heavy atom. The molecule has 1 nitrogen and oxygen atoms in total. The molecule has 0 aliphatic heterocycles. The summed E-state index contributed by atoms with van der Waals surface area (Å²) in [6.07, 6.45) is 0. The van der Waals surface area contributed by atoms with E-state index in [-0.39, 0.29) is 6.61 Å². The zero-order chi connectivity index (χ0) is 13.1. The van der Waals surface area contributed by atoms with Crippen LogP contribution < -0.4 is 0 Å². The van der Waals surface area contributed by atoms with E-state index in [1.165, 1.54) is 5.56 Å². The molecule has 0 amide bonds. The van der Waals surface area contributed by atoms with Crippen LogP contribution in [0, 0.1) is 6.92 Å². The second-order valence-electron chi connectivity index (χ2n) is 4.30. The number of hydrogen-bond acceptors (Lipinski definition) is 1. The highest BCUT2D eigenvalue weighted by Crippen LogP contribution is 2.27. The molecule has 0 fully saturated rings. The fourth-order valence-corrected chi connectivity index (χ4v) is 2.05. The van der Waals surface area contributed by atoms with Crippen LogP contribution in [-0.4, -0.2) is 5.11 Å². The molecule has 0 saturated heterocycles. The van der Waals surface area contributed by atoms with Gasteiger partial charge in [-0.15, -0.1) is 0 Å². The highest BCUT2D eigenvalue weighted by molar-refractivity contribution is 6.30. The Morgan fingerprint density at radius 2 is 1.83 bits per heavy atom. The van der Waals surface area contributed by atoms with E-state index in [1.807, 2.05) is 43.3 Å². The van der Waals surface area contributed by atoms with Crippen molar-refractivity contribution in [1.29, 1.82) is 0 Å². The first-order chi connectivity index (χ1) is 8.61. The van der Waals surface area contributed by atoms with E-state index in [9.17, 15) is 5.11 Å². The molecular weight excluding hydrogens is 244 g/mol. The first kappa shape index (κ1) is 12.9. The van der Waals surface area contributed by atoms with E-state index in [2.05, 4.69) is 6.58 Å². The van der Waals surface area contributed by atoms with Gasteiger partial charge < -0.3 is 5.11 Å². The van der Waals surface area contributed by atoms with Crippen LogP contribution in [0.2, 0.25) is 5.02 Å². The van der Waals surface area contributed by atoms with Crippen LogP contribution in [0.5, 0.6) is 0 Å². The van der Waals surface area contributed by atoms with Crippen molar-refractivity contribution in [3.05, 3.63) is 76.3 Å². The Balaban J connectivity index is 2.45. The molecule has 0 unspecified atom stereocenters. The minimum absolute atomic E-state index is 0.0165. The smallest absolute Gasteiger partial charge is 0.0687 e. The van der Waals surface area contributed by atoms with Crippen LogP contribution >= 0.6 is 11.6 Å². The van der Waals surface area contributed by atoms with Gasteiger partial charge in [-0.25, -0.2) is 0 Å².